The lowest BCUT2D eigenvalue weighted by Gasteiger charge is -1.97. The molecule has 0 aliphatic carbocycles. The number of carboxylic acids is 1. The van der Waals surface area contributed by atoms with E-state index in [9.17, 15) is 4.79 Å². The van der Waals surface area contributed by atoms with E-state index in [1.165, 1.54) is 15.4 Å². The zero-order chi connectivity index (χ0) is 10.4. The zero-order valence-electron chi connectivity index (χ0n) is 7.27. The molecule has 3 rings (SSSR count). The van der Waals surface area contributed by atoms with Crippen LogP contribution in [0.25, 0.3) is 11.3 Å². The lowest BCUT2D eigenvalue weighted by atomic mass is 10.5. The molecule has 3 aromatic heterocycles. The van der Waals surface area contributed by atoms with Crippen molar-refractivity contribution in [1.29, 1.82) is 0 Å². The van der Waals surface area contributed by atoms with Gasteiger partial charge in [0.15, 0.2) is 11.3 Å². The smallest absolute Gasteiger partial charge is 0.375 e. The molecule has 0 bridgehead atoms. The Hall–Kier alpha value is -2.51. The van der Waals surface area contributed by atoms with E-state index in [1.54, 1.807) is 12.1 Å². The quantitative estimate of drug-likeness (QED) is 0.572. The summed E-state index contributed by atoms with van der Waals surface area (Å²) in [5, 5.41) is 23.6. The van der Waals surface area contributed by atoms with Crippen LogP contribution in [-0.2, 0) is 0 Å². The Morgan fingerprint density at radius 2 is 2.00 bits per heavy atom. The van der Waals surface area contributed by atoms with Gasteiger partial charge in [0.25, 0.3) is 5.82 Å². The second kappa shape index (κ2) is 2.50. The normalized spacial score (nSPS) is 11.2. The third kappa shape index (κ3) is 0.923. The van der Waals surface area contributed by atoms with E-state index >= 15 is 0 Å². The topological polar surface area (TPSA) is 97.7 Å². The van der Waals surface area contributed by atoms with E-state index in [0.717, 1.165) is 0 Å². The third-order valence-electron chi connectivity index (χ3n) is 2.01. The van der Waals surface area contributed by atoms with E-state index < -0.39 is 5.97 Å². The van der Waals surface area contributed by atoms with Crippen molar-refractivity contribution in [3.63, 3.8) is 0 Å². The van der Waals surface area contributed by atoms with Gasteiger partial charge in [-0.3, -0.25) is 0 Å². The van der Waals surface area contributed by atoms with Gasteiger partial charge < -0.3 is 5.11 Å². The number of fused-ring (bicyclic) bond motifs is 3. The fourth-order valence-electron chi connectivity index (χ4n) is 1.39. The minimum atomic E-state index is -1.15. The zero-order valence-corrected chi connectivity index (χ0v) is 7.27. The average Bonchev–Trinajstić information content (AvgIpc) is 2.82. The van der Waals surface area contributed by atoms with Crippen LogP contribution >= 0.6 is 0 Å². The van der Waals surface area contributed by atoms with E-state index in [1.807, 2.05) is 0 Å². The molecule has 8 heteroatoms. The molecule has 0 saturated heterocycles. The minimum absolute atomic E-state index is 0.171. The first-order valence-electron chi connectivity index (χ1n) is 4.05. The predicted octanol–water partition coefficient (Wildman–Crippen LogP) is -0.530. The Morgan fingerprint density at radius 3 is 2.80 bits per heavy atom. The lowest BCUT2D eigenvalue weighted by molar-refractivity contribution is 0.0680. The van der Waals surface area contributed by atoms with Gasteiger partial charge >= 0.3 is 5.97 Å². The first-order chi connectivity index (χ1) is 7.27. The van der Waals surface area contributed by atoms with Crippen molar-refractivity contribution in [2.45, 2.75) is 0 Å². The third-order valence-corrected chi connectivity index (χ3v) is 2.01. The molecule has 0 aliphatic rings. The van der Waals surface area contributed by atoms with Crippen LogP contribution in [0.4, 0.5) is 0 Å². The van der Waals surface area contributed by atoms with E-state index in [2.05, 4.69) is 20.4 Å². The summed E-state index contributed by atoms with van der Waals surface area (Å²) in [6, 6.07) is 3.31. The van der Waals surface area contributed by atoms with Gasteiger partial charge in [-0.1, -0.05) is 0 Å². The molecule has 0 unspecified atom stereocenters. The fraction of sp³-hybridized carbons (Fsp3) is 0. The molecule has 0 amide bonds. The molecule has 0 spiro atoms. The molecule has 3 heterocycles. The van der Waals surface area contributed by atoms with Crippen molar-refractivity contribution in [2.24, 2.45) is 0 Å². The number of carboxylic acid groups (broad SMARTS) is 1. The van der Waals surface area contributed by atoms with Crippen molar-refractivity contribution in [2.75, 3.05) is 0 Å². The summed E-state index contributed by atoms with van der Waals surface area (Å²) in [6.45, 7) is 0. The van der Waals surface area contributed by atoms with Crippen LogP contribution in [0.2, 0.25) is 0 Å². The Balaban J connectivity index is 2.57. The maximum absolute atomic E-state index is 10.9. The molecule has 3 aromatic rings. The Bertz CT molecular complexity index is 668. The van der Waals surface area contributed by atoms with Crippen LogP contribution in [0, 0.1) is 0 Å². The Labute approximate surface area is 81.8 Å². The van der Waals surface area contributed by atoms with E-state index in [-0.39, 0.29) is 5.82 Å². The first-order valence-corrected chi connectivity index (χ1v) is 4.05. The molecule has 0 atom stereocenters. The van der Waals surface area contributed by atoms with E-state index in [4.69, 9.17) is 5.11 Å². The molecule has 15 heavy (non-hydrogen) atoms. The molecule has 0 aliphatic heterocycles. The van der Waals surface area contributed by atoms with Gasteiger partial charge in [0.1, 0.15) is 6.33 Å². The largest absolute Gasteiger partial charge is 0.475 e. The molecule has 1 N–H and O–H groups in total. The van der Waals surface area contributed by atoms with Gasteiger partial charge in [-0.2, -0.15) is 4.52 Å². The first kappa shape index (κ1) is 7.85. The Kier molecular flexibility index (Phi) is 1.31. The highest BCUT2D eigenvalue weighted by Gasteiger charge is 2.15. The van der Waals surface area contributed by atoms with Crippen molar-refractivity contribution < 1.29 is 9.90 Å². The number of aromatic nitrogens is 6. The average molecular weight is 204 g/mol. The number of hydrogen-bond acceptors (Lipinski definition) is 5. The molecule has 8 nitrogen and oxygen atoms in total. The minimum Gasteiger partial charge on any atom is -0.475 e. The van der Waals surface area contributed by atoms with Crippen LogP contribution in [0.1, 0.15) is 10.6 Å². The number of carbonyl (C=O) groups is 1. The molecule has 0 fully saturated rings. The standard InChI is InChI=1S/C7H4N6O2/c14-7(15)6-11-10-5-2-1-4-9-8-3-12(4)13(5)6/h1-3H,(H,14,15). The van der Waals surface area contributed by atoms with Gasteiger partial charge in [-0.05, 0) is 12.1 Å². The van der Waals surface area contributed by atoms with E-state index in [0.29, 0.717) is 11.3 Å². The number of rotatable bonds is 1. The van der Waals surface area contributed by atoms with Gasteiger partial charge in [0, 0.05) is 0 Å². The molecule has 0 aromatic carbocycles. The monoisotopic (exact) mass is 204 g/mol. The van der Waals surface area contributed by atoms with Crippen LogP contribution in [0.5, 0.6) is 0 Å². The summed E-state index contributed by atoms with van der Waals surface area (Å²) in [7, 11) is 0. The number of aromatic carboxylic acids is 1. The van der Waals surface area contributed by atoms with Gasteiger partial charge in [-0.15, -0.1) is 20.4 Å². The highest BCUT2D eigenvalue weighted by atomic mass is 16.4. The van der Waals surface area contributed by atoms with Gasteiger partial charge in [0.05, 0.1) is 0 Å². The summed E-state index contributed by atoms with van der Waals surface area (Å²) in [5.41, 5.74) is 0.963. The van der Waals surface area contributed by atoms with Gasteiger partial charge in [-0.25, -0.2) is 9.31 Å². The summed E-state index contributed by atoms with van der Waals surface area (Å²) < 4.78 is 2.80. The molecule has 0 saturated carbocycles. The number of hydrogen-bond donors (Lipinski definition) is 1. The number of nitrogens with zero attached hydrogens (tertiary/aromatic N) is 6. The summed E-state index contributed by atoms with van der Waals surface area (Å²) in [5.74, 6) is -1.32. The van der Waals surface area contributed by atoms with Crippen LogP contribution in [0.15, 0.2) is 18.5 Å². The molecular formula is C7H4N6O2. The molecular weight excluding hydrogens is 200 g/mol. The molecule has 0 radical (unpaired) electrons. The van der Waals surface area contributed by atoms with Crippen molar-refractivity contribution in [3.8, 4) is 0 Å². The van der Waals surface area contributed by atoms with Crippen LogP contribution in [-0.4, -0.2) is 40.5 Å². The van der Waals surface area contributed by atoms with Crippen LogP contribution < -0.4 is 0 Å². The second-order valence-electron chi connectivity index (χ2n) is 2.87. The maximum Gasteiger partial charge on any atom is 0.375 e. The summed E-state index contributed by atoms with van der Waals surface area (Å²) >= 11 is 0. The maximum atomic E-state index is 10.9. The molecule has 74 valence electrons. The van der Waals surface area contributed by atoms with Crippen molar-refractivity contribution in [3.05, 3.63) is 24.3 Å². The highest BCUT2D eigenvalue weighted by Crippen LogP contribution is 2.06. The highest BCUT2D eigenvalue weighted by molar-refractivity contribution is 5.84. The van der Waals surface area contributed by atoms with Crippen LogP contribution in [0.3, 0.4) is 0 Å². The summed E-state index contributed by atoms with van der Waals surface area (Å²) in [4.78, 5) is 10.9. The SMILES string of the molecule is O=C(O)c1nnc2ccc3nncn3n12. The van der Waals surface area contributed by atoms with Gasteiger partial charge in [0.2, 0.25) is 0 Å². The van der Waals surface area contributed by atoms with Crippen molar-refractivity contribution >= 4 is 17.3 Å². The lowest BCUT2D eigenvalue weighted by Crippen LogP contribution is -2.09. The Morgan fingerprint density at radius 1 is 1.20 bits per heavy atom. The predicted molar refractivity (Wildman–Crippen MR) is 46.5 cm³/mol. The fourth-order valence-corrected chi connectivity index (χ4v) is 1.39. The summed E-state index contributed by atoms with van der Waals surface area (Å²) in [6.07, 6.45) is 1.40. The second-order valence-corrected chi connectivity index (χ2v) is 2.87. The van der Waals surface area contributed by atoms with Crippen molar-refractivity contribution in [1.82, 2.24) is 29.4 Å².